The van der Waals surface area contributed by atoms with Gasteiger partial charge in [0.15, 0.2) is 5.78 Å². The molecular formula is C9H10N2O3. The van der Waals surface area contributed by atoms with Crippen LogP contribution in [-0.2, 0) is 0 Å². The van der Waals surface area contributed by atoms with Crippen LogP contribution in [0.5, 0.6) is 0 Å². The van der Waals surface area contributed by atoms with Crippen molar-refractivity contribution in [3.63, 3.8) is 0 Å². The average Bonchev–Trinajstić information content (AvgIpc) is 2.48. The molecule has 1 aromatic heterocycles. The number of hydrogen-bond donors (Lipinski definition) is 1. The topological polar surface area (TPSA) is 76.0 Å². The van der Waals surface area contributed by atoms with E-state index in [0.29, 0.717) is 5.69 Å². The normalized spacial score (nSPS) is 16.3. The lowest BCUT2D eigenvalue weighted by atomic mass is 9.81. The van der Waals surface area contributed by atoms with Crippen LogP contribution in [0.1, 0.15) is 29.8 Å². The van der Waals surface area contributed by atoms with Gasteiger partial charge in [-0.25, -0.2) is 0 Å². The highest BCUT2D eigenvalue weighted by Gasteiger charge is 2.28. The molecule has 5 heteroatoms. The Morgan fingerprint density at radius 1 is 1.57 bits per heavy atom. The van der Waals surface area contributed by atoms with Gasteiger partial charge in [0, 0.05) is 12.0 Å². The molecule has 1 N–H and O–H groups in total. The van der Waals surface area contributed by atoms with E-state index >= 15 is 0 Å². The maximum absolute atomic E-state index is 11.6. The summed E-state index contributed by atoms with van der Waals surface area (Å²) in [6.07, 6.45) is 4.16. The molecule has 0 spiro atoms. The molecule has 0 bridgehead atoms. The van der Waals surface area contributed by atoms with Crippen molar-refractivity contribution in [3.8, 4) is 0 Å². The third-order valence-electron chi connectivity index (χ3n) is 2.62. The first-order valence-electron chi connectivity index (χ1n) is 4.55. The number of aromatic amines is 1. The molecule has 2 rings (SSSR count). The van der Waals surface area contributed by atoms with Crippen molar-refractivity contribution in [2.75, 3.05) is 0 Å². The number of aromatic nitrogens is 1. The van der Waals surface area contributed by atoms with Crippen molar-refractivity contribution in [1.29, 1.82) is 0 Å². The summed E-state index contributed by atoms with van der Waals surface area (Å²) in [5.74, 6) is 0.0811. The molecule has 0 saturated heterocycles. The summed E-state index contributed by atoms with van der Waals surface area (Å²) in [7, 11) is 0. The fourth-order valence-electron chi connectivity index (χ4n) is 1.52. The van der Waals surface area contributed by atoms with E-state index in [1.165, 1.54) is 12.3 Å². The maximum atomic E-state index is 11.6. The second kappa shape index (κ2) is 3.25. The van der Waals surface area contributed by atoms with Gasteiger partial charge in [-0.3, -0.25) is 14.9 Å². The Bertz CT molecular complexity index is 379. The van der Waals surface area contributed by atoms with Crippen LogP contribution in [0, 0.1) is 16.0 Å². The molecule has 1 aliphatic rings. The van der Waals surface area contributed by atoms with E-state index in [9.17, 15) is 14.9 Å². The molecule has 1 fully saturated rings. The predicted octanol–water partition coefficient (Wildman–Crippen LogP) is 1.91. The maximum Gasteiger partial charge on any atom is 0.287 e. The monoisotopic (exact) mass is 194 g/mol. The van der Waals surface area contributed by atoms with Crippen LogP contribution in [-0.4, -0.2) is 15.7 Å². The third kappa shape index (κ3) is 1.41. The second-order valence-electron chi connectivity index (χ2n) is 3.52. The Labute approximate surface area is 80.3 Å². The van der Waals surface area contributed by atoms with Crippen molar-refractivity contribution in [2.24, 2.45) is 5.92 Å². The highest BCUT2D eigenvalue weighted by molar-refractivity contribution is 5.97. The molecule has 1 aliphatic carbocycles. The van der Waals surface area contributed by atoms with E-state index in [2.05, 4.69) is 4.98 Å². The van der Waals surface area contributed by atoms with Crippen molar-refractivity contribution in [3.05, 3.63) is 28.1 Å². The molecule has 14 heavy (non-hydrogen) atoms. The number of Topliss-reactive ketones (excluding diaryl/α,β-unsaturated/α-hetero) is 1. The fourth-order valence-corrected chi connectivity index (χ4v) is 1.52. The summed E-state index contributed by atoms with van der Waals surface area (Å²) in [4.78, 5) is 24.1. The minimum Gasteiger partial charge on any atom is -0.353 e. The summed E-state index contributed by atoms with van der Waals surface area (Å²) >= 11 is 0. The highest BCUT2D eigenvalue weighted by atomic mass is 16.6. The predicted molar refractivity (Wildman–Crippen MR) is 49.1 cm³/mol. The van der Waals surface area contributed by atoms with E-state index in [1.807, 2.05) is 0 Å². The summed E-state index contributed by atoms with van der Waals surface area (Å²) in [5, 5.41) is 10.4. The number of carbonyl (C=O) groups is 1. The van der Waals surface area contributed by atoms with Crippen LogP contribution in [0.25, 0.3) is 0 Å². The number of carbonyl (C=O) groups excluding carboxylic acids is 1. The van der Waals surface area contributed by atoms with Crippen LogP contribution in [0.2, 0.25) is 0 Å². The van der Waals surface area contributed by atoms with Crippen molar-refractivity contribution >= 4 is 11.5 Å². The second-order valence-corrected chi connectivity index (χ2v) is 3.52. The van der Waals surface area contributed by atoms with Crippen molar-refractivity contribution < 1.29 is 9.72 Å². The molecule has 0 unspecified atom stereocenters. The van der Waals surface area contributed by atoms with Crippen molar-refractivity contribution in [2.45, 2.75) is 19.3 Å². The number of rotatable bonds is 3. The zero-order chi connectivity index (χ0) is 10.1. The van der Waals surface area contributed by atoms with Crippen LogP contribution in [0.4, 0.5) is 5.69 Å². The number of hydrogen-bond acceptors (Lipinski definition) is 3. The standard InChI is InChI=1S/C9H10N2O3/c12-9(6-2-1-3-6)8-4-7(5-10-8)11(13)14/h4-6,10H,1-3H2. The van der Waals surface area contributed by atoms with E-state index < -0.39 is 4.92 Å². The Kier molecular flexibility index (Phi) is 2.07. The lowest BCUT2D eigenvalue weighted by Crippen LogP contribution is -2.22. The molecule has 74 valence electrons. The lowest BCUT2D eigenvalue weighted by Gasteiger charge is -2.22. The number of nitrogens with one attached hydrogen (secondary N) is 1. The number of ketones is 1. The quantitative estimate of drug-likeness (QED) is 0.453. The Morgan fingerprint density at radius 3 is 2.71 bits per heavy atom. The molecule has 0 aliphatic heterocycles. The van der Waals surface area contributed by atoms with Gasteiger partial charge >= 0.3 is 0 Å². The number of nitrogens with zero attached hydrogens (tertiary/aromatic N) is 1. The first-order valence-corrected chi connectivity index (χ1v) is 4.55. The van der Waals surface area contributed by atoms with E-state index in [0.717, 1.165) is 19.3 Å². The lowest BCUT2D eigenvalue weighted by molar-refractivity contribution is -0.384. The molecular weight excluding hydrogens is 184 g/mol. The minimum absolute atomic E-state index is 0.00403. The highest BCUT2D eigenvalue weighted by Crippen LogP contribution is 2.30. The van der Waals surface area contributed by atoms with E-state index in [1.54, 1.807) is 0 Å². The zero-order valence-electron chi connectivity index (χ0n) is 7.53. The first kappa shape index (κ1) is 8.93. The van der Waals surface area contributed by atoms with Crippen LogP contribution >= 0.6 is 0 Å². The molecule has 0 atom stereocenters. The number of nitro groups is 1. The Balaban J connectivity index is 2.15. The molecule has 0 amide bonds. The Hall–Kier alpha value is -1.65. The molecule has 1 saturated carbocycles. The molecule has 1 aromatic rings. The summed E-state index contributed by atoms with van der Waals surface area (Å²) in [6, 6.07) is 1.31. The number of H-pyrrole nitrogens is 1. The van der Waals surface area contributed by atoms with Gasteiger partial charge in [0.2, 0.25) is 0 Å². The molecule has 0 radical (unpaired) electrons. The SMILES string of the molecule is O=C(c1cc([N+](=O)[O-])c[nH]1)C1CCC1. The largest absolute Gasteiger partial charge is 0.353 e. The fraction of sp³-hybridized carbons (Fsp3) is 0.444. The van der Waals surface area contributed by atoms with Gasteiger partial charge in [-0.15, -0.1) is 0 Å². The first-order chi connectivity index (χ1) is 6.68. The average molecular weight is 194 g/mol. The third-order valence-corrected chi connectivity index (χ3v) is 2.62. The van der Waals surface area contributed by atoms with Crippen molar-refractivity contribution in [1.82, 2.24) is 4.98 Å². The summed E-state index contributed by atoms with van der Waals surface area (Å²) < 4.78 is 0. The van der Waals surface area contributed by atoms with Gasteiger partial charge in [0.05, 0.1) is 16.8 Å². The van der Waals surface area contributed by atoms with Gasteiger partial charge in [-0.1, -0.05) is 6.42 Å². The van der Waals surface area contributed by atoms with Gasteiger partial charge in [-0.2, -0.15) is 0 Å². The van der Waals surface area contributed by atoms with Gasteiger partial charge < -0.3 is 4.98 Å². The molecule has 1 heterocycles. The van der Waals surface area contributed by atoms with Gasteiger partial charge in [0.1, 0.15) is 0 Å². The minimum atomic E-state index is -0.506. The zero-order valence-corrected chi connectivity index (χ0v) is 7.53. The van der Waals surface area contributed by atoms with Crippen LogP contribution < -0.4 is 0 Å². The Morgan fingerprint density at radius 2 is 2.29 bits per heavy atom. The molecule has 5 nitrogen and oxygen atoms in total. The summed E-state index contributed by atoms with van der Waals surface area (Å²) in [6.45, 7) is 0. The van der Waals surface area contributed by atoms with E-state index in [-0.39, 0.29) is 17.4 Å². The summed E-state index contributed by atoms with van der Waals surface area (Å²) in [5.41, 5.74) is 0.314. The van der Waals surface area contributed by atoms with E-state index in [4.69, 9.17) is 0 Å². The van der Waals surface area contributed by atoms with Gasteiger partial charge in [0.25, 0.3) is 5.69 Å². The van der Waals surface area contributed by atoms with Crippen LogP contribution in [0.15, 0.2) is 12.3 Å². The molecule has 0 aromatic carbocycles. The van der Waals surface area contributed by atoms with Gasteiger partial charge in [-0.05, 0) is 12.8 Å². The van der Waals surface area contributed by atoms with Crippen LogP contribution in [0.3, 0.4) is 0 Å². The smallest absolute Gasteiger partial charge is 0.287 e.